The highest BCUT2D eigenvalue weighted by molar-refractivity contribution is 7.90. The third-order valence-corrected chi connectivity index (χ3v) is 6.14. The van der Waals surface area contributed by atoms with Crippen molar-refractivity contribution in [3.63, 3.8) is 0 Å². The van der Waals surface area contributed by atoms with Gasteiger partial charge in [-0.05, 0) is 43.5 Å². The number of aliphatic imine (C=N–C) groups is 1. The van der Waals surface area contributed by atoms with Crippen LogP contribution in [-0.2, 0) is 22.1 Å². The first-order valence-corrected chi connectivity index (χ1v) is 12.2. The lowest BCUT2D eigenvalue weighted by molar-refractivity contribution is 0.340. The van der Waals surface area contributed by atoms with Crippen LogP contribution < -0.4 is 10.1 Å². The van der Waals surface area contributed by atoms with Gasteiger partial charge in [0.2, 0.25) is 0 Å². The zero-order chi connectivity index (χ0) is 21.8. The van der Waals surface area contributed by atoms with Crippen LogP contribution in [-0.4, -0.2) is 51.8 Å². The van der Waals surface area contributed by atoms with Gasteiger partial charge in [-0.1, -0.05) is 42.5 Å². The fraction of sp³-hybridized carbons (Fsp3) is 0.435. The number of sulfone groups is 1. The Morgan fingerprint density at radius 3 is 2.37 bits per heavy atom. The number of benzene rings is 2. The van der Waals surface area contributed by atoms with Crippen LogP contribution in [0.25, 0.3) is 0 Å². The summed E-state index contributed by atoms with van der Waals surface area (Å²) in [6, 6.07) is 17.3. The monoisotopic (exact) mass is 431 g/mol. The van der Waals surface area contributed by atoms with E-state index in [1.165, 1.54) is 0 Å². The van der Waals surface area contributed by atoms with Gasteiger partial charge in [-0.3, -0.25) is 4.99 Å². The summed E-state index contributed by atoms with van der Waals surface area (Å²) >= 11 is 0. The van der Waals surface area contributed by atoms with Gasteiger partial charge in [-0.15, -0.1) is 0 Å². The average Bonchev–Trinajstić information content (AvgIpc) is 2.72. The molecule has 0 aromatic heterocycles. The second-order valence-corrected chi connectivity index (χ2v) is 9.28. The summed E-state index contributed by atoms with van der Waals surface area (Å²) in [6.07, 6.45) is 0.501. The number of hydrogen-bond acceptors (Lipinski definition) is 4. The largest absolute Gasteiger partial charge is 0.494 e. The standard InChI is InChI=1S/C23H33N3O3S/c1-4-24-23(26(3)18-20-12-14-22(15-13-20)29-5-2)25-16-9-17-30(27,28)19-21-10-7-6-8-11-21/h6-8,10-15H,4-5,9,16-19H2,1-3H3,(H,24,25). The Balaban J connectivity index is 1.88. The minimum atomic E-state index is -3.14. The van der Waals surface area contributed by atoms with Crippen LogP contribution in [0.3, 0.4) is 0 Å². The topological polar surface area (TPSA) is 71.0 Å². The van der Waals surface area contributed by atoms with Crippen LogP contribution >= 0.6 is 0 Å². The summed E-state index contributed by atoms with van der Waals surface area (Å²) in [5.74, 6) is 1.84. The molecule has 0 aliphatic carbocycles. The lowest BCUT2D eigenvalue weighted by Crippen LogP contribution is -2.38. The first-order chi connectivity index (χ1) is 14.4. The quantitative estimate of drug-likeness (QED) is 0.335. The highest BCUT2D eigenvalue weighted by Gasteiger charge is 2.12. The summed E-state index contributed by atoms with van der Waals surface area (Å²) in [4.78, 5) is 6.65. The molecule has 7 heteroatoms. The number of ether oxygens (including phenoxy) is 1. The number of nitrogens with zero attached hydrogens (tertiary/aromatic N) is 2. The van der Waals surface area contributed by atoms with Gasteiger partial charge in [0.15, 0.2) is 15.8 Å². The molecule has 0 saturated carbocycles. The van der Waals surface area contributed by atoms with Gasteiger partial charge < -0.3 is 15.0 Å². The average molecular weight is 432 g/mol. The maximum Gasteiger partial charge on any atom is 0.193 e. The van der Waals surface area contributed by atoms with Crippen LogP contribution in [0.4, 0.5) is 0 Å². The lowest BCUT2D eigenvalue weighted by Gasteiger charge is -2.22. The van der Waals surface area contributed by atoms with E-state index in [4.69, 9.17) is 4.74 Å². The van der Waals surface area contributed by atoms with Crippen molar-refractivity contribution in [1.82, 2.24) is 10.2 Å². The van der Waals surface area contributed by atoms with Crippen molar-refractivity contribution in [1.29, 1.82) is 0 Å². The fourth-order valence-corrected chi connectivity index (χ4v) is 4.46. The SMILES string of the molecule is CCNC(=NCCCS(=O)(=O)Cc1ccccc1)N(C)Cc1ccc(OCC)cc1. The van der Waals surface area contributed by atoms with Gasteiger partial charge in [-0.2, -0.15) is 0 Å². The van der Waals surface area contributed by atoms with Crippen molar-refractivity contribution in [3.8, 4) is 5.75 Å². The third kappa shape index (κ3) is 8.45. The first-order valence-electron chi connectivity index (χ1n) is 10.4. The molecule has 2 aromatic carbocycles. The molecule has 0 spiro atoms. The molecular weight excluding hydrogens is 398 g/mol. The van der Waals surface area contributed by atoms with Crippen molar-refractivity contribution < 1.29 is 13.2 Å². The van der Waals surface area contributed by atoms with E-state index in [0.29, 0.717) is 26.1 Å². The predicted octanol–water partition coefficient (Wildman–Crippen LogP) is 3.49. The Morgan fingerprint density at radius 2 is 1.73 bits per heavy atom. The molecule has 0 fully saturated rings. The van der Waals surface area contributed by atoms with Crippen LogP contribution in [0, 0.1) is 0 Å². The number of hydrogen-bond donors (Lipinski definition) is 1. The van der Waals surface area contributed by atoms with Crippen LogP contribution in [0.1, 0.15) is 31.4 Å². The molecule has 0 unspecified atom stereocenters. The minimum absolute atomic E-state index is 0.0786. The summed E-state index contributed by atoms with van der Waals surface area (Å²) < 4.78 is 30.2. The van der Waals surface area contributed by atoms with E-state index in [1.54, 1.807) is 0 Å². The Bertz CT molecular complexity index is 882. The lowest BCUT2D eigenvalue weighted by atomic mass is 10.2. The van der Waals surface area contributed by atoms with Gasteiger partial charge in [0.1, 0.15) is 5.75 Å². The van der Waals surface area contributed by atoms with Gasteiger partial charge in [0.05, 0.1) is 18.1 Å². The summed E-state index contributed by atoms with van der Waals surface area (Å²) in [5, 5.41) is 3.27. The molecule has 0 aliphatic rings. The number of rotatable bonds is 11. The highest BCUT2D eigenvalue weighted by atomic mass is 32.2. The predicted molar refractivity (Wildman–Crippen MR) is 124 cm³/mol. The molecule has 0 amide bonds. The summed E-state index contributed by atoms with van der Waals surface area (Å²) in [7, 11) is -1.16. The van der Waals surface area contributed by atoms with Crippen molar-refractivity contribution in [2.45, 2.75) is 32.6 Å². The van der Waals surface area contributed by atoms with Crippen molar-refractivity contribution in [3.05, 3.63) is 65.7 Å². The maximum absolute atomic E-state index is 12.3. The van der Waals surface area contributed by atoms with Crippen LogP contribution in [0.15, 0.2) is 59.6 Å². The van der Waals surface area contributed by atoms with Crippen LogP contribution in [0.5, 0.6) is 5.75 Å². The number of guanidine groups is 1. The molecular formula is C23H33N3O3S. The smallest absolute Gasteiger partial charge is 0.193 e. The maximum atomic E-state index is 12.3. The van der Waals surface area contributed by atoms with E-state index in [0.717, 1.165) is 29.4 Å². The summed E-state index contributed by atoms with van der Waals surface area (Å²) in [5.41, 5.74) is 1.97. The Hall–Kier alpha value is -2.54. The normalized spacial score (nSPS) is 11.9. The van der Waals surface area contributed by atoms with Gasteiger partial charge in [0, 0.05) is 26.7 Å². The van der Waals surface area contributed by atoms with Gasteiger partial charge in [0.25, 0.3) is 0 Å². The molecule has 1 N–H and O–H groups in total. The van der Waals surface area contributed by atoms with Crippen LogP contribution in [0.2, 0.25) is 0 Å². The zero-order valence-electron chi connectivity index (χ0n) is 18.2. The molecule has 0 radical (unpaired) electrons. The number of nitrogens with one attached hydrogen (secondary N) is 1. The van der Waals surface area contributed by atoms with E-state index in [-0.39, 0.29) is 11.5 Å². The van der Waals surface area contributed by atoms with Crippen molar-refractivity contribution in [2.24, 2.45) is 4.99 Å². The van der Waals surface area contributed by atoms with Gasteiger partial charge in [-0.25, -0.2) is 8.42 Å². The molecule has 2 rings (SSSR count). The van der Waals surface area contributed by atoms with E-state index >= 15 is 0 Å². The molecule has 0 bridgehead atoms. The van der Waals surface area contributed by atoms with E-state index in [9.17, 15) is 8.42 Å². The van der Waals surface area contributed by atoms with E-state index in [2.05, 4.69) is 10.3 Å². The van der Waals surface area contributed by atoms with Crippen molar-refractivity contribution in [2.75, 3.05) is 32.5 Å². The minimum Gasteiger partial charge on any atom is -0.494 e. The molecule has 0 atom stereocenters. The Kier molecular flexibility index (Phi) is 9.67. The first kappa shape index (κ1) is 23.7. The highest BCUT2D eigenvalue weighted by Crippen LogP contribution is 2.13. The molecule has 6 nitrogen and oxygen atoms in total. The molecule has 164 valence electrons. The second-order valence-electron chi connectivity index (χ2n) is 7.10. The van der Waals surface area contributed by atoms with Crippen molar-refractivity contribution >= 4 is 15.8 Å². The fourth-order valence-electron chi connectivity index (χ4n) is 3.05. The van der Waals surface area contributed by atoms with E-state index in [1.807, 2.05) is 80.4 Å². The molecule has 2 aromatic rings. The second kappa shape index (κ2) is 12.2. The molecule has 0 aliphatic heterocycles. The van der Waals surface area contributed by atoms with E-state index < -0.39 is 9.84 Å². The molecule has 30 heavy (non-hydrogen) atoms. The molecule has 0 heterocycles. The van der Waals surface area contributed by atoms with Gasteiger partial charge >= 0.3 is 0 Å². The molecule has 0 saturated heterocycles. The Labute approximate surface area is 180 Å². The summed E-state index contributed by atoms with van der Waals surface area (Å²) in [6.45, 7) is 6.54. The third-order valence-electron chi connectivity index (χ3n) is 4.45. The Morgan fingerprint density at radius 1 is 1.03 bits per heavy atom. The zero-order valence-corrected chi connectivity index (χ0v) is 19.0.